The summed E-state index contributed by atoms with van der Waals surface area (Å²) >= 11 is 0. The first-order chi connectivity index (χ1) is 9.06. The number of rotatable bonds is 3. The minimum Gasteiger partial charge on any atom is -0.384 e. The number of nitrogens with zero attached hydrogens (tertiary/aromatic N) is 3. The van der Waals surface area contributed by atoms with Gasteiger partial charge in [0.25, 0.3) is 5.91 Å². The molecule has 0 bridgehead atoms. The first-order valence-electron chi connectivity index (χ1n) is 6.46. The van der Waals surface area contributed by atoms with Crippen molar-refractivity contribution in [3.05, 3.63) is 23.9 Å². The van der Waals surface area contributed by atoms with Crippen LogP contribution < -0.4 is 11.1 Å². The van der Waals surface area contributed by atoms with Gasteiger partial charge < -0.3 is 16.0 Å². The molecule has 1 amide bonds. The van der Waals surface area contributed by atoms with Gasteiger partial charge in [0, 0.05) is 32.2 Å². The molecule has 128 valence electrons. The Kier molecular flexibility index (Phi) is 11.6. The molecule has 3 N–H and O–H groups in total. The van der Waals surface area contributed by atoms with Crippen molar-refractivity contribution in [2.75, 3.05) is 46.0 Å². The zero-order chi connectivity index (χ0) is 13.8. The van der Waals surface area contributed by atoms with Gasteiger partial charge in [0.1, 0.15) is 11.5 Å². The van der Waals surface area contributed by atoms with Crippen LogP contribution in [-0.4, -0.2) is 67.0 Å². The fraction of sp³-hybridized carbons (Fsp3) is 0.538. The summed E-state index contributed by atoms with van der Waals surface area (Å²) in [7, 11) is 4.18. The van der Waals surface area contributed by atoms with Crippen molar-refractivity contribution in [2.24, 2.45) is 0 Å². The second kappa shape index (κ2) is 10.9. The van der Waals surface area contributed by atoms with Crippen LogP contribution in [0.5, 0.6) is 0 Å². The summed E-state index contributed by atoms with van der Waals surface area (Å²) in [4.78, 5) is 20.5. The number of nitrogens with one attached hydrogen (secondary N) is 1. The summed E-state index contributed by atoms with van der Waals surface area (Å²) in [6, 6.07) is 5.41. The van der Waals surface area contributed by atoms with E-state index < -0.39 is 0 Å². The highest BCUT2D eigenvalue weighted by Gasteiger charge is 2.22. The van der Waals surface area contributed by atoms with Crippen LogP contribution in [-0.2, 0) is 0 Å². The fourth-order valence-corrected chi connectivity index (χ4v) is 2.20. The van der Waals surface area contributed by atoms with Crippen LogP contribution in [0.4, 0.5) is 5.82 Å². The Morgan fingerprint density at radius 1 is 1.32 bits per heavy atom. The number of halogens is 3. The zero-order valence-corrected chi connectivity index (χ0v) is 15.1. The maximum atomic E-state index is 12.0. The van der Waals surface area contributed by atoms with E-state index in [0.29, 0.717) is 24.1 Å². The third-order valence-electron chi connectivity index (χ3n) is 3.48. The molecule has 0 aliphatic carbocycles. The van der Waals surface area contributed by atoms with Crippen LogP contribution in [0.2, 0.25) is 0 Å². The number of nitrogen functional groups attached to an aromatic ring is 1. The molecule has 2 heterocycles. The highest BCUT2D eigenvalue weighted by Crippen LogP contribution is 2.05. The van der Waals surface area contributed by atoms with E-state index in [1.165, 1.54) is 0 Å². The summed E-state index contributed by atoms with van der Waals surface area (Å²) in [5.74, 6) is 0.191. The van der Waals surface area contributed by atoms with Gasteiger partial charge in [0.05, 0.1) is 0 Å². The molecule has 1 aliphatic heterocycles. The van der Waals surface area contributed by atoms with Gasteiger partial charge in [0.15, 0.2) is 0 Å². The minimum absolute atomic E-state index is 0. The number of piperazine rings is 1. The smallest absolute Gasteiger partial charge is 0.270 e. The van der Waals surface area contributed by atoms with Crippen LogP contribution in [0, 0.1) is 0 Å². The Bertz CT molecular complexity index is 463. The monoisotopic (exact) mass is 371 g/mol. The lowest BCUT2D eigenvalue weighted by Gasteiger charge is -2.37. The van der Waals surface area contributed by atoms with Crippen molar-refractivity contribution in [3.63, 3.8) is 0 Å². The molecule has 1 atom stereocenters. The van der Waals surface area contributed by atoms with Gasteiger partial charge in [-0.1, -0.05) is 6.07 Å². The standard InChI is InChI=1S/C13H21N5O.3ClH/c1-17-6-7-18(2)10(9-17)8-15-13(19)11-4-3-5-12(14)16-11;;;/h3-5,10H,6-9H2,1-2H3,(H2,14,16)(H,15,19);3*1H. The Labute approximate surface area is 150 Å². The predicted octanol–water partition coefficient (Wildman–Crippen LogP) is 0.905. The highest BCUT2D eigenvalue weighted by atomic mass is 35.5. The average molecular weight is 373 g/mol. The van der Waals surface area contributed by atoms with Gasteiger partial charge in [-0.25, -0.2) is 4.98 Å². The molecule has 22 heavy (non-hydrogen) atoms. The lowest BCUT2D eigenvalue weighted by atomic mass is 10.2. The largest absolute Gasteiger partial charge is 0.384 e. The van der Waals surface area contributed by atoms with E-state index in [9.17, 15) is 4.79 Å². The molecular weight excluding hydrogens is 349 g/mol. The average Bonchev–Trinajstić information content (AvgIpc) is 2.39. The number of pyridine rings is 1. The normalized spacial score (nSPS) is 18.4. The number of aromatic nitrogens is 1. The fourth-order valence-electron chi connectivity index (χ4n) is 2.20. The molecule has 1 aliphatic rings. The maximum absolute atomic E-state index is 12.0. The number of hydrogen-bond donors (Lipinski definition) is 2. The molecule has 1 aromatic heterocycles. The van der Waals surface area contributed by atoms with E-state index in [-0.39, 0.29) is 43.1 Å². The Hall–Kier alpha value is -0.790. The molecule has 1 saturated heterocycles. The van der Waals surface area contributed by atoms with Crippen molar-refractivity contribution < 1.29 is 4.79 Å². The lowest BCUT2D eigenvalue weighted by molar-refractivity contribution is 0.0877. The second-order valence-electron chi connectivity index (χ2n) is 5.05. The maximum Gasteiger partial charge on any atom is 0.270 e. The van der Waals surface area contributed by atoms with Crippen molar-refractivity contribution in [3.8, 4) is 0 Å². The quantitative estimate of drug-likeness (QED) is 0.825. The summed E-state index contributed by atoms with van der Waals surface area (Å²) in [5.41, 5.74) is 5.94. The summed E-state index contributed by atoms with van der Waals surface area (Å²) in [5, 5.41) is 2.92. The number of hydrogen-bond acceptors (Lipinski definition) is 5. The van der Waals surface area contributed by atoms with Gasteiger partial charge >= 0.3 is 0 Å². The van der Waals surface area contributed by atoms with Crippen molar-refractivity contribution in [1.29, 1.82) is 0 Å². The van der Waals surface area contributed by atoms with Crippen LogP contribution in [0.1, 0.15) is 10.5 Å². The van der Waals surface area contributed by atoms with E-state index in [1.54, 1.807) is 18.2 Å². The minimum atomic E-state index is -0.172. The van der Waals surface area contributed by atoms with E-state index in [1.807, 2.05) is 0 Å². The number of carbonyl (C=O) groups excluding carboxylic acids is 1. The molecule has 1 unspecified atom stereocenters. The van der Waals surface area contributed by atoms with E-state index >= 15 is 0 Å². The molecule has 0 saturated carbocycles. The van der Waals surface area contributed by atoms with E-state index in [2.05, 4.69) is 34.2 Å². The zero-order valence-electron chi connectivity index (χ0n) is 12.7. The number of carbonyl (C=O) groups is 1. The molecule has 1 fully saturated rings. The molecule has 0 aromatic carbocycles. The van der Waals surface area contributed by atoms with Gasteiger partial charge in [-0.05, 0) is 26.2 Å². The molecule has 9 heteroatoms. The van der Waals surface area contributed by atoms with E-state index in [0.717, 1.165) is 19.6 Å². The number of anilines is 1. The third kappa shape index (κ3) is 6.54. The number of nitrogens with two attached hydrogens (primary N) is 1. The summed E-state index contributed by atoms with van der Waals surface area (Å²) in [6.07, 6.45) is 0. The Balaban J connectivity index is 0. The van der Waals surface area contributed by atoms with Gasteiger partial charge in [-0.15, -0.1) is 37.2 Å². The lowest BCUT2D eigenvalue weighted by Crippen LogP contribution is -2.54. The molecule has 2 rings (SSSR count). The number of amides is 1. The number of likely N-dealkylation sites (N-methyl/N-ethyl adjacent to an activating group) is 2. The highest BCUT2D eigenvalue weighted by molar-refractivity contribution is 5.92. The van der Waals surface area contributed by atoms with Crippen LogP contribution in [0.25, 0.3) is 0 Å². The van der Waals surface area contributed by atoms with Gasteiger partial charge in [0.2, 0.25) is 0 Å². The second-order valence-corrected chi connectivity index (χ2v) is 5.05. The molecule has 1 aromatic rings. The van der Waals surface area contributed by atoms with Crippen molar-refractivity contribution in [1.82, 2.24) is 20.1 Å². The van der Waals surface area contributed by atoms with Crippen LogP contribution in [0.15, 0.2) is 18.2 Å². The Morgan fingerprint density at radius 2 is 2.00 bits per heavy atom. The summed E-state index contributed by atoms with van der Waals surface area (Å²) in [6.45, 7) is 3.67. The van der Waals surface area contributed by atoms with Crippen LogP contribution in [0.3, 0.4) is 0 Å². The SMILES string of the molecule is CN1CCN(C)C(CNC(=O)c2cccc(N)n2)C1.Cl.Cl.Cl. The molecular formula is C13H24Cl3N5O. The van der Waals surface area contributed by atoms with Gasteiger partial charge in [-0.3, -0.25) is 9.69 Å². The van der Waals surface area contributed by atoms with Crippen molar-refractivity contribution in [2.45, 2.75) is 6.04 Å². The van der Waals surface area contributed by atoms with E-state index in [4.69, 9.17) is 5.73 Å². The molecule has 0 radical (unpaired) electrons. The third-order valence-corrected chi connectivity index (χ3v) is 3.48. The topological polar surface area (TPSA) is 74.5 Å². The van der Waals surface area contributed by atoms with Crippen molar-refractivity contribution >= 4 is 48.9 Å². The van der Waals surface area contributed by atoms with Crippen LogP contribution >= 0.6 is 37.2 Å². The first-order valence-corrected chi connectivity index (χ1v) is 6.46. The summed E-state index contributed by atoms with van der Waals surface area (Å²) < 4.78 is 0. The first kappa shape index (κ1) is 23.5. The Morgan fingerprint density at radius 3 is 2.64 bits per heavy atom. The molecule has 6 nitrogen and oxygen atoms in total. The molecule has 0 spiro atoms. The predicted molar refractivity (Wildman–Crippen MR) is 96.6 cm³/mol. The van der Waals surface area contributed by atoms with Gasteiger partial charge in [-0.2, -0.15) is 0 Å².